The monoisotopic (exact) mass is 516 g/mol. The lowest BCUT2D eigenvalue weighted by atomic mass is 9.62. The van der Waals surface area contributed by atoms with E-state index in [1.54, 1.807) is 17.5 Å². The van der Waals surface area contributed by atoms with Gasteiger partial charge in [0.2, 0.25) is 0 Å². The summed E-state index contributed by atoms with van der Waals surface area (Å²) in [7, 11) is 0. The van der Waals surface area contributed by atoms with E-state index in [0.29, 0.717) is 34.1 Å². The van der Waals surface area contributed by atoms with Gasteiger partial charge in [0.1, 0.15) is 22.9 Å². The van der Waals surface area contributed by atoms with Gasteiger partial charge >= 0.3 is 6.01 Å². The Morgan fingerprint density at radius 3 is 2.97 bits per heavy atom. The smallest absolute Gasteiger partial charge is 0.317 e. The van der Waals surface area contributed by atoms with Gasteiger partial charge in [-0.25, -0.2) is 4.98 Å². The number of rotatable bonds is 5. The Hall–Kier alpha value is -2.96. The zero-order chi connectivity index (χ0) is 25.3. The maximum absolute atomic E-state index is 9.94. The van der Waals surface area contributed by atoms with Gasteiger partial charge in [-0.2, -0.15) is 10.2 Å². The molecular formula is C28H32N6O2S. The summed E-state index contributed by atoms with van der Waals surface area (Å²) >= 11 is 1.57. The van der Waals surface area contributed by atoms with E-state index in [9.17, 15) is 5.26 Å². The van der Waals surface area contributed by atoms with Gasteiger partial charge in [-0.05, 0) is 82.4 Å². The molecule has 1 saturated carbocycles. The van der Waals surface area contributed by atoms with E-state index in [2.05, 4.69) is 35.0 Å². The van der Waals surface area contributed by atoms with E-state index in [1.165, 1.54) is 17.7 Å². The number of aromatic nitrogens is 3. The maximum Gasteiger partial charge on any atom is 0.317 e. The fourth-order valence-corrected chi connectivity index (χ4v) is 8.70. The first kappa shape index (κ1) is 23.2. The van der Waals surface area contributed by atoms with Crippen molar-refractivity contribution in [2.75, 3.05) is 12.3 Å². The fourth-order valence-electron chi connectivity index (χ4n) is 7.54. The fraction of sp³-hybridized carbons (Fsp3) is 0.571. The van der Waals surface area contributed by atoms with Gasteiger partial charge in [0.05, 0.1) is 11.3 Å². The topological polar surface area (TPSA) is 114 Å². The van der Waals surface area contributed by atoms with Crippen LogP contribution in [0.4, 0.5) is 5.00 Å². The van der Waals surface area contributed by atoms with Gasteiger partial charge in [-0.3, -0.25) is 4.90 Å². The highest BCUT2D eigenvalue weighted by atomic mass is 32.1. The Balaban J connectivity index is 1.21. The van der Waals surface area contributed by atoms with Crippen LogP contribution in [0, 0.1) is 17.2 Å². The Kier molecular flexibility index (Phi) is 5.35. The van der Waals surface area contributed by atoms with Crippen molar-refractivity contribution in [3.8, 4) is 23.5 Å². The summed E-state index contributed by atoms with van der Waals surface area (Å²) in [5.41, 5.74) is 10.5. The highest BCUT2D eigenvalue weighted by Crippen LogP contribution is 2.55. The lowest BCUT2D eigenvalue weighted by molar-refractivity contribution is 0.0852. The van der Waals surface area contributed by atoms with Gasteiger partial charge in [0, 0.05) is 34.1 Å². The lowest BCUT2D eigenvalue weighted by Gasteiger charge is -2.39. The number of nitrogens with zero attached hydrogens (tertiary/aromatic N) is 5. The van der Waals surface area contributed by atoms with Gasteiger partial charge in [0.25, 0.3) is 0 Å². The van der Waals surface area contributed by atoms with Crippen LogP contribution in [0.15, 0.2) is 16.8 Å². The number of hydrogen-bond acceptors (Lipinski definition) is 9. The van der Waals surface area contributed by atoms with E-state index in [4.69, 9.17) is 20.0 Å². The summed E-state index contributed by atoms with van der Waals surface area (Å²) < 4.78 is 12.3. The minimum Gasteiger partial charge on any atom is -0.459 e. The SMILES string of the molecule is CCN1[C@H]2C[C@H]2C[C@H]1[C@H](C)Oc1nccc(-c2onc3c2CCC[C@@]32CCCc3sc(N)c(C#N)c32)n1. The molecule has 5 atom stereocenters. The first-order chi connectivity index (χ1) is 18.0. The highest BCUT2D eigenvalue weighted by molar-refractivity contribution is 7.16. The van der Waals surface area contributed by atoms with Gasteiger partial charge in [-0.1, -0.05) is 12.1 Å². The minimum atomic E-state index is -0.310. The Morgan fingerprint density at radius 1 is 1.32 bits per heavy atom. The van der Waals surface area contributed by atoms with Crippen molar-refractivity contribution in [2.45, 2.75) is 88.8 Å². The van der Waals surface area contributed by atoms with Crippen LogP contribution < -0.4 is 10.5 Å². The van der Waals surface area contributed by atoms with Crippen molar-refractivity contribution in [3.05, 3.63) is 39.5 Å². The molecule has 4 heterocycles. The quantitative estimate of drug-likeness (QED) is 0.512. The van der Waals surface area contributed by atoms with Crippen LogP contribution in [0.1, 0.15) is 79.6 Å². The molecule has 0 radical (unpaired) electrons. The first-order valence-electron chi connectivity index (χ1n) is 13.6. The number of thiophene rings is 1. The summed E-state index contributed by atoms with van der Waals surface area (Å²) in [5, 5.41) is 15.2. The van der Waals surface area contributed by atoms with Crippen molar-refractivity contribution >= 4 is 16.3 Å². The molecule has 192 valence electrons. The number of fused-ring (bicyclic) bond motifs is 5. The number of piperidine rings is 1. The van der Waals surface area contributed by atoms with Crippen molar-refractivity contribution < 1.29 is 9.26 Å². The molecule has 0 bridgehead atoms. The number of hydrogen-bond donors (Lipinski definition) is 1. The van der Waals surface area contributed by atoms with Crippen molar-refractivity contribution in [2.24, 2.45) is 5.92 Å². The Bertz CT molecular complexity index is 1400. The summed E-state index contributed by atoms with van der Waals surface area (Å²) in [6, 6.07) is 5.80. The lowest BCUT2D eigenvalue weighted by Crippen LogP contribution is -2.42. The molecule has 3 aliphatic carbocycles. The molecule has 7 rings (SSSR count). The van der Waals surface area contributed by atoms with Crippen molar-refractivity contribution in [3.63, 3.8) is 0 Å². The van der Waals surface area contributed by atoms with E-state index in [1.807, 2.05) is 6.07 Å². The molecule has 2 N–H and O–H groups in total. The molecule has 3 aromatic heterocycles. The van der Waals surface area contributed by atoms with E-state index in [-0.39, 0.29) is 11.5 Å². The number of nitrogens with two attached hydrogens (primary N) is 1. The summed E-state index contributed by atoms with van der Waals surface area (Å²) in [5.74, 6) is 1.52. The number of likely N-dealkylation sites (tertiary alicyclic amines) is 1. The van der Waals surface area contributed by atoms with Crippen LogP contribution in [0.2, 0.25) is 0 Å². The maximum atomic E-state index is 9.94. The third kappa shape index (κ3) is 3.45. The third-order valence-corrected chi connectivity index (χ3v) is 10.3. The third-order valence-electron chi connectivity index (χ3n) is 9.22. The number of likely N-dealkylation sites (N-methyl/N-ethyl adjacent to an activating group) is 1. The minimum absolute atomic E-state index is 0.0176. The van der Waals surface area contributed by atoms with Crippen molar-refractivity contribution in [1.29, 1.82) is 5.26 Å². The number of nitriles is 1. The van der Waals surface area contributed by atoms with E-state index < -0.39 is 0 Å². The van der Waals surface area contributed by atoms with Crippen molar-refractivity contribution in [1.82, 2.24) is 20.0 Å². The molecule has 37 heavy (non-hydrogen) atoms. The Morgan fingerprint density at radius 2 is 2.16 bits per heavy atom. The molecule has 2 fully saturated rings. The molecule has 0 unspecified atom stereocenters. The average Bonchev–Trinajstić information content (AvgIpc) is 3.23. The van der Waals surface area contributed by atoms with Gasteiger partial charge in [-0.15, -0.1) is 11.3 Å². The number of aryl methyl sites for hydroxylation is 1. The molecule has 0 amide bonds. The predicted molar refractivity (Wildman–Crippen MR) is 140 cm³/mol. The van der Waals surface area contributed by atoms with Crippen LogP contribution in [0.5, 0.6) is 6.01 Å². The number of nitrogen functional groups attached to an aromatic ring is 1. The number of anilines is 1. The molecule has 8 nitrogen and oxygen atoms in total. The van der Waals surface area contributed by atoms with Crippen LogP contribution in [-0.2, 0) is 18.3 Å². The molecule has 9 heteroatoms. The summed E-state index contributed by atoms with van der Waals surface area (Å²) in [6.07, 6.45) is 10.1. The second-order valence-electron chi connectivity index (χ2n) is 11.1. The molecule has 1 spiro atoms. The van der Waals surface area contributed by atoms with Crippen LogP contribution in [-0.4, -0.2) is 44.8 Å². The zero-order valence-corrected chi connectivity index (χ0v) is 22.2. The van der Waals surface area contributed by atoms with E-state index >= 15 is 0 Å². The molecule has 3 aromatic rings. The average molecular weight is 517 g/mol. The highest BCUT2D eigenvalue weighted by Gasteiger charge is 2.53. The van der Waals surface area contributed by atoms with Crippen LogP contribution in [0.25, 0.3) is 11.5 Å². The largest absolute Gasteiger partial charge is 0.459 e. The molecule has 0 aromatic carbocycles. The predicted octanol–water partition coefficient (Wildman–Crippen LogP) is 4.86. The standard InChI is InChI=1S/C28H32N6O2S/c1-3-34-20(12-16-13-21(16)34)15(2)35-27-31-11-8-19(32-27)24-17-6-4-9-28(25(17)33-36-24)10-5-7-22-23(28)18(14-29)26(30)37-22/h8,11,15-16,20-21H,3-7,9-10,12-13,30H2,1-2H3/t15-,16+,20-,21-,28-/m0/s1. The molecular weight excluding hydrogens is 484 g/mol. The van der Waals surface area contributed by atoms with Gasteiger partial charge < -0.3 is 15.0 Å². The van der Waals surface area contributed by atoms with E-state index in [0.717, 1.165) is 73.9 Å². The summed E-state index contributed by atoms with van der Waals surface area (Å²) in [4.78, 5) is 13.0. The summed E-state index contributed by atoms with van der Waals surface area (Å²) in [6.45, 7) is 5.42. The molecule has 1 aliphatic heterocycles. The number of ether oxygens (including phenoxy) is 1. The second kappa shape index (κ2) is 8.53. The second-order valence-corrected chi connectivity index (χ2v) is 12.3. The van der Waals surface area contributed by atoms with Crippen LogP contribution >= 0.6 is 11.3 Å². The van der Waals surface area contributed by atoms with Gasteiger partial charge in [0.15, 0.2) is 5.76 Å². The molecule has 1 saturated heterocycles. The normalized spacial score (nSPS) is 28.8. The zero-order valence-electron chi connectivity index (χ0n) is 21.4. The molecule has 4 aliphatic rings. The van der Waals surface area contributed by atoms with Crippen LogP contribution in [0.3, 0.4) is 0 Å². The Labute approximate surface area is 220 Å². The first-order valence-corrected chi connectivity index (χ1v) is 14.4.